The second-order valence-electron chi connectivity index (χ2n) is 7.71. The van der Waals surface area contributed by atoms with Crippen LogP contribution in [-0.4, -0.2) is 49.1 Å². The molecule has 33 heavy (non-hydrogen) atoms. The molecule has 1 aromatic carbocycles. The van der Waals surface area contributed by atoms with Crippen LogP contribution in [0.5, 0.6) is 0 Å². The predicted octanol–water partition coefficient (Wildman–Crippen LogP) is 4.85. The van der Waals surface area contributed by atoms with Gasteiger partial charge in [-0.2, -0.15) is 4.98 Å². The first-order valence-electron chi connectivity index (χ1n) is 10.4. The summed E-state index contributed by atoms with van der Waals surface area (Å²) in [5, 5.41) is 12.6. The highest BCUT2D eigenvalue weighted by molar-refractivity contribution is 5.78. The lowest BCUT2D eigenvalue weighted by atomic mass is 10.1. The molecule has 0 unspecified atom stereocenters. The molecule has 3 aromatic heterocycles. The van der Waals surface area contributed by atoms with Crippen LogP contribution in [0.2, 0.25) is 0 Å². The van der Waals surface area contributed by atoms with Gasteiger partial charge in [-0.3, -0.25) is 4.98 Å². The van der Waals surface area contributed by atoms with Crippen molar-refractivity contribution in [3.8, 4) is 34.2 Å². The van der Waals surface area contributed by atoms with E-state index in [2.05, 4.69) is 30.3 Å². The maximum absolute atomic E-state index is 14.4. The van der Waals surface area contributed by atoms with E-state index >= 15 is 0 Å². The van der Waals surface area contributed by atoms with Gasteiger partial charge in [-0.25, -0.2) is 9.07 Å². The zero-order valence-corrected chi connectivity index (χ0v) is 18.9. The molecule has 4 aromatic rings. The van der Waals surface area contributed by atoms with E-state index < -0.39 is 5.83 Å². The van der Waals surface area contributed by atoms with Gasteiger partial charge < -0.3 is 9.42 Å². The summed E-state index contributed by atoms with van der Waals surface area (Å²) in [7, 11) is 4.03. The Bertz CT molecular complexity index is 1300. The summed E-state index contributed by atoms with van der Waals surface area (Å²) in [6.45, 7) is 3.97. The van der Waals surface area contributed by atoms with E-state index in [1.807, 2.05) is 45.3 Å². The van der Waals surface area contributed by atoms with Crippen LogP contribution < -0.4 is 0 Å². The van der Waals surface area contributed by atoms with E-state index in [1.54, 1.807) is 36.7 Å². The monoisotopic (exact) mass is 445 g/mol. The number of benzene rings is 1. The van der Waals surface area contributed by atoms with Crippen molar-refractivity contribution in [1.29, 1.82) is 0 Å². The van der Waals surface area contributed by atoms with Crippen LogP contribution in [0.15, 0.2) is 71.3 Å². The molecule has 0 aliphatic rings. The van der Waals surface area contributed by atoms with Crippen molar-refractivity contribution in [3.63, 3.8) is 0 Å². The van der Waals surface area contributed by atoms with Crippen LogP contribution in [0.3, 0.4) is 0 Å². The van der Waals surface area contributed by atoms with Crippen molar-refractivity contribution in [3.05, 3.63) is 72.3 Å². The van der Waals surface area contributed by atoms with Gasteiger partial charge in [0, 0.05) is 30.1 Å². The van der Waals surface area contributed by atoms with E-state index in [0.29, 0.717) is 17.2 Å². The molecule has 0 radical (unpaired) electrons. The van der Waals surface area contributed by atoms with Gasteiger partial charge >= 0.3 is 0 Å². The standard InChI is InChI=1S/C24H24FN7O/c1-5-7-20(16(2)25)32-22(18-10-12-26-13-11-18)21(28-30-32)24-27-23(29-33-24)19-9-6-8-17(14-19)15-31(3)4/h5-14H,15H2,1-4H3/b7-5-,20-16-. The van der Waals surface area contributed by atoms with Crippen LogP contribution in [0.4, 0.5) is 4.39 Å². The second-order valence-corrected chi connectivity index (χ2v) is 7.71. The fourth-order valence-corrected chi connectivity index (χ4v) is 3.46. The summed E-state index contributed by atoms with van der Waals surface area (Å²) in [5.41, 5.74) is 3.84. The van der Waals surface area contributed by atoms with Gasteiger partial charge in [-0.1, -0.05) is 34.6 Å². The number of hydrogen-bond acceptors (Lipinski definition) is 7. The first kappa shape index (κ1) is 22.2. The highest BCUT2D eigenvalue weighted by Crippen LogP contribution is 2.33. The minimum Gasteiger partial charge on any atom is -0.332 e. The van der Waals surface area contributed by atoms with Crippen LogP contribution in [0, 0.1) is 0 Å². The van der Waals surface area contributed by atoms with Gasteiger partial charge in [0.2, 0.25) is 5.82 Å². The Balaban J connectivity index is 1.82. The van der Waals surface area contributed by atoms with Crippen LogP contribution >= 0.6 is 0 Å². The second kappa shape index (κ2) is 9.66. The van der Waals surface area contributed by atoms with Crippen LogP contribution in [-0.2, 0) is 6.54 Å². The Morgan fingerprint density at radius 3 is 2.64 bits per heavy atom. The molecule has 0 aliphatic carbocycles. The molecule has 4 rings (SSSR count). The molecular weight excluding hydrogens is 421 g/mol. The fourth-order valence-electron chi connectivity index (χ4n) is 3.46. The van der Waals surface area contributed by atoms with E-state index in [4.69, 9.17) is 4.52 Å². The molecule has 0 saturated heterocycles. The van der Waals surface area contributed by atoms with Crippen molar-refractivity contribution in [2.45, 2.75) is 20.4 Å². The Morgan fingerprint density at radius 2 is 1.94 bits per heavy atom. The molecule has 0 amide bonds. The molecule has 0 fully saturated rings. The number of allylic oxidation sites excluding steroid dienone is 4. The number of aromatic nitrogens is 6. The lowest BCUT2D eigenvalue weighted by Crippen LogP contribution is -2.10. The molecule has 9 heteroatoms. The van der Waals surface area contributed by atoms with E-state index in [0.717, 1.165) is 23.2 Å². The first-order valence-corrected chi connectivity index (χ1v) is 10.4. The van der Waals surface area contributed by atoms with Crippen molar-refractivity contribution in [2.75, 3.05) is 14.1 Å². The molecule has 8 nitrogen and oxygen atoms in total. The molecule has 0 N–H and O–H groups in total. The first-order chi connectivity index (χ1) is 16.0. The van der Waals surface area contributed by atoms with Gasteiger partial charge in [0.25, 0.3) is 5.89 Å². The highest BCUT2D eigenvalue weighted by atomic mass is 19.1. The quantitative estimate of drug-likeness (QED) is 0.376. The maximum Gasteiger partial charge on any atom is 0.281 e. The molecule has 3 heterocycles. The van der Waals surface area contributed by atoms with E-state index in [9.17, 15) is 4.39 Å². The number of nitrogens with zero attached hydrogens (tertiary/aromatic N) is 7. The summed E-state index contributed by atoms with van der Waals surface area (Å²) < 4.78 is 21.4. The van der Waals surface area contributed by atoms with Gasteiger partial charge in [0.1, 0.15) is 11.5 Å². The smallest absolute Gasteiger partial charge is 0.281 e. The molecule has 0 aliphatic heterocycles. The zero-order chi connectivity index (χ0) is 23.4. The summed E-state index contributed by atoms with van der Waals surface area (Å²) in [5.74, 6) is 0.230. The number of rotatable bonds is 7. The van der Waals surface area contributed by atoms with Crippen molar-refractivity contribution in [2.24, 2.45) is 0 Å². The zero-order valence-electron chi connectivity index (χ0n) is 18.9. The number of hydrogen-bond donors (Lipinski definition) is 0. The SMILES string of the molecule is C/C=C\C(=C(/C)F)n1nnc(-c2nc(-c3cccc(CN(C)C)c3)no2)c1-c1ccncc1. The van der Waals surface area contributed by atoms with E-state index in [1.165, 1.54) is 11.6 Å². The number of halogens is 1. The topological polar surface area (TPSA) is 85.8 Å². The van der Waals surface area contributed by atoms with Crippen LogP contribution in [0.1, 0.15) is 19.4 Å². The minimum absolute atomic E-state index is 0.192. The van der Waals surface area contributed by atoms with Crippen molar-refractivity contribution < 1.29 is 8.91 Å². The molecule has 0 spiro atoms. The summed E-state index contributed by atoms with van der Waals surface area (Å²) >= 11 is 0. The Hall–Kier alpha value is -3.98. The van der Waals surface area contributed by atoms with E-state index in [-0.39, 0.29) is 11.6 Å². The van der Waals surface area contributed by atoms with Gasteiger partial charge in [-0.15, -0.1) is 5.10 Å². The summed E-state index contributed by atoms with van der Waals surface area (Å²) in [4.78, 5) is 10.7. The lowest BCUT2D eigenvalue weighted by molar-refractivity contribution is 0.402. The van der Waals surface area contributed by atoms with Crippen LogP contribution in [0.25, 0.3) is 39.9 Å². The normalized spacial score (nSPS) is 12.5. The molecule has 0 saturated carbocycles. The predicted molar refractivity (Wildman–Crippen MR) is 124 cm³/mol. The molecule has 0 bridgehead atoms. The minimum atomic E-state index is -0.399. The third-order valence-electron chi connectivity index (χ3n) is 4.84. The molecular formula is C24H24FN7O. The van der Waals surface area contributed by atoms with Gasteiger partial charge in [0.05, 0.1) is 5.70 Å². The summed E-state index contributed by atoms with van der Waals surface area (Å²) in [6.07, 6.45) is 6.66. The summed E-state index contributed by atoms with van der Waals surface area (Å²) in [6, 6.07) is 11.5. The van der Waals surface area contributed by atoms with Crippen molar-refractivity contribution >= 4 is 5.70 Å². The highest BCUT2D eigenvalue weighted by Gasteiger charge is 2.24. The maximum atomic E-state index is 14.4. The molecule has 168 valence electrons. The molecule has 0 atom stereocenters. The Morgan fingerprint density at radius 1 is 1.15 bits per heavy atom. The third-order valence-corrected chi connectivity index (χ3v) is 4.84. The van der Waals surface area contributed by atoms with Crippen molar-refractivity contribution in [1.82, 2.24) is 35.0 Å². The Kier molecular flexibility index (Phi) is 6.50. The fraction of sp³-hybridized carbons (Fsp3) is 0.208. The Labute approximate surface area is 191 Å². The van der Waals surface area contributed by atoms with Gasteiger partial charge in [-0.05, 0) is 57.8 Å². The average molecular weight is 446 g/mol. The lowest BCUT2D eigenvalue weighted by Gasteiger charge is -2.09. The third kappa shape index (κ3) is 4.78. The average Bonchev–Trinajstić information content (AvgIpc) is 3.45. The number of pyridine rings is 1. The van der Waals surface area contributed by atoms with Gasteiger partial charge in [0.15, 0.2) is 5.69 Å². The largest absolute Gasteiger partial charge is 0.332 e.